The lowest BCUT2D eigenvalue weighted by atomic mass is 10.2. The molecule has 0 aliphatic heterocycles. The Morgan fingerprint density at radius 3 is 2.76 bits per heavy atom. The van der Waals surface area contributed by atoms with E-state index < -0.39 is 0 Å². The third-order valence-corrected chi connectivity index (χ3v) is 3.65. The summed E-state index contributed by atoms with van der Waals surface area (Å²) in [7, 11) is 0. The van der Waals surface area contributed by atoms with Crippen LogP contribution in [0.15, 0.2) is 58.8 Å². The van der Waals surface area contributed by atoms with E-state index in [-0.39, 0.29) is 5.56 Å². The first-order chi connectivity index (χ1) is 8.34. The first kappa shape index (κ1) is 10.3. The maximum atomic E-state index is 12.2. The van der Waals surface area contributed by atoms with Gasteiger partial charge >= 0.3 is 0 Å². The molecule has 0 bridgehead atoms. The molecule has 0 aliphatic carbocycles. The number of thiophene rings is 1. The summed E-state index contributed by atoms with van der Waals surface area (Å²) in [6.45, 7) is 0.654. The van der Waals surface area contributed by atoms with Gasteiger partial charge in [0.05, 0.1) is 6.54 Å². The molecule has 0 spiro atoms. The lowest BCUT2D eigenvalue weighted by Gasteiger charge is -2.05. The number of hydrogen-bond acceptors (Lipinski definition) is 2. The molecule has 2 aromatic heterocycles. The summed E-state index contributed by atoms with van der Waals surface area (Å²) in [4.78, 5) is 13.4. The maximum absolute atomic E-state index is 12.2. The van der Waals surface area contributed by atoms with E-state index in [1.807, 2.05) is 54.0 Å². The van der Waals surface area contributed by atoms with Crippen molar-refractivity contribution in [3.05, 3.63) is 69.3 Å². The molecular formula is C14H11NOS. The third kappa shape index (κ3) is 1.89. The first-order valence-electron chi connectivity index (χ1n) is 5.45. The second-order valence-corrected chi connectivity index (χ2v) is 4.95. The SMILES string of the molecule is O=c1c2ccccc2ccn1Cc1cccs1. The van der Waals surface area contributed by atoms with Gasteiger partial charge < -0.3 is 4.57 Å². The topological polar surface area (TPSA) is 22.0 Å². The molecule has 0 radical (unpaired) electrons. The van der Waals surface area contributed by atoms with Crippen LogP contribution in [0.25, 0.3) is 10.8 Å². The van der Waals surface area contributed by atoms with Crippen LogP contribution >= 0.6 is 11.3 Å². The van der Waals surface area contributed by atoms with E-state index in [1.165, 1.54) is 4.88 Å². The lowest BCUT2D eigenvalue weighted by Crippen LogP contribution is -2.19. The quantitative estimate of drug-likeness (QED) is 0.675. The summed E-state index contributed by atoms with van der Waals surface area (Å²) >= 11 is 1.67. The van der Waals surface area contributed by atoms with E-state index in [2.05, 4.69) is 0 Å². The Morgan fingerprint density at radius 2 is 1.94 bits per heavy atom. The Bertz CT molecular complexity index is 698. The average Bonchev–Trinajstić information content (AvgIpc) is 2.86. The highest BCUT2D eigenvalue weighted by Crippen LogP contribution is 2.12. The predicted octanol–water partition coefficient (Wildman–Crippen LogP) is 3.11. The van der Waals surface area contributed by atoms with E-state index in [1.54, 1.807) is 15.9 Å². The zero-order valence-corrected chi connectivity index (χ0v) is 9.98. The minimum atomic E-state index is 0.0801. The molecule has 0 unspecified atom stereocenters. The highest BCUT2D eigenvalue weighted by molar-refractivity contribution is 7.09. The van der Waals surface area contributed by atoms with Crippen LogP contribution in [0.3, 0.4) is 0 Å². The minimum absolute atomic E-state index is 0.0801. The fourth-order valence-corrected chi connectivity index (χ4v) is 2.63. The van der Waals surface area contributed by atoms with Crippen molar-refractivity contribution in [3.8, 4) is 0 Å². The van der Waals surface area contributed by atoms with E-state index >= 15 is 0 Å². The molecule has 2 heterocycles. The van der Waals surface area contributed by atoms with Crippen molar-refractivity contribution in [1.82, 2.24) is 4.57 Å². The number of aromatic nitrogens is 1. The lowest BCUT2D eigenvalue weighted by molar-refractivity contribution is 0.779. The van der Waals surface area contributed by atoms with E-state index in [4.69, 9.17) is 0 Å². The van der Waals surface area contributed by atoms with Crippen LogP contribution < -0.4 is 5.56 Å². The molecule has 3 heteroatoms. The van der Waals surface area contributed by atoms with Crippen LogP contribution in [-0.4, -0.2) is 4.57 Å². The molecular weight excluding hydrogens is 230 g/mol. The van der Waals surface area contributed by atoms with Gasteiger partial charge in [0.25, 0.3) is 5.56 Å². The summed E-state index contributed by atoms with van der Waals surface area (Å²) in [6.07, 6.45) is 1.87. The Hall–Kier alpha value is -1.87. The van der Waals surface area contributed by atoms with Gasteiger partial charge in [0, 0.05) is 16.5 Å². The Morgan fingerprint density at radius 1 is 1.06 bits per heavy atom. The number of rotatable bonds is 2. The summed E-state index contributed by atoms with van der Waals surface area (Å²) in [5, 5.41) is 3.81. The molecule has 84 valence electrons. The molecule has 0 aliphatic rings. The second-order valence-electron chi connectivity index (χ2n) is 3.92. The summed E-state index contributed by atoms with van der Waals surface area (Å²) < 4.78 is 1.76. The van der Waals surface area contributed by atoms with E-state index in [9.17, 15) is 4.79 Å². The minimum Gasteiger partial charge on any atom is -0.310 e. The highest BCUT2D eigenvalue weighted by Gasteiger charge is 2.02. The molecule has 0 saturated carbocycles. The highest BCUT2D eigenvalue weighted by atomic mass is 32.1. The van der Waals surface area contributed by atoms with Gasteiger partial charge in [-0.3, -0.25) is 4.79 Å². The van der Waals surface area contributed by atoms with Gasteiger partial charge in [-0.15, -0.1) is 11.3 Å². The van der Waals surface area contributed by atoms with Crippen molar-refractivity contribution in [2.75, 3.05) is 0 Å². The monoisotopic (exact) mass is 241 g/mol. The zero-order chi connectivity index (χ0) is 11.7. The van der Waals surface area contributed by atoms with E-state index in [0.29, 0.717) is 6.54 Å². The second kappa shape index (κ2) is 4.18. The molecule has 0 fully saturated rings. The smallest absolute Gasteiger partial charge is 0.258 e. The molecule has 3 aromatic rings. The van der Waals surface area contributed by atoms with Crippen LogP contribution in [0.5, 0.6) is 0 Å². The fourth-order valence-electron chi connectivity index (χ4n) is 1.92. The van der Waals surface area contributed by atoms with Crippen LogP contribution in [0.2, 0.25) is 0 Å². The normalized spacial score (nSPS) is 10.8. The van der Waals surface area contributed by atoms with Crippen LogP contribution in [-0.2, 0) is 6.54 Å². The number of nitrogens with zero attached hydrogens (tertiary/aromatic N) is 1. The van der Waals surface area contributed by atoms with Crippen molar-refractivity contribution >= 4 is 22.1 Å². The molecule has 0 saturated heterocycles. The van der Waals surface area contributed by atoms with Crippen molar-refractivity contribution in [1.29, 1.82) is 0 Å². The summed E-state index contributed by atoms with van der Waals surface area (Å²) in [5.74, 6) is 0. The zero-order valence-electron chi connectivity index (χ0n) is 9.17. The van der Waals surface area contributed by atoms with Gasteiger partial charge in [-0.05, 0) is 29.0 Å². The molecule has 0 atom stereocenters. The van der Waals surface area contributed by atoms with Crippen molar-refractivity contribution in [2.45, 2.75) is 6.54 Å². The van der Waals surface area contributed by atoms with Gasteiger partial charge in [0.2, 0.25) is 0 Å². The number of fused-ring (bicyclic) bond motifs is 1. The Labute approximate surface area is 103 Å². The standard InChI is InChI=1S/C14H11NOS/c16-14-13-6-2-1-4-11(13)7-8-15(14)10-12-5-3-9-17-12/h1-9H,10H2. The molecule has 0 N–H and O–H groups in total. The average molecular weight is 241 g/mol. The van der Waals surface area contributed by atoms with Gasteiger partial charge in [-0.25, -0.2) is 0 Å². The molecule has 3 rings (SSSR count). The number of benzene rings is 1. The Kier molecular flexibility index (Phi) is 2.53. The Balaban J connectivity index is 2.12. The van der Waals surface area contributed by atoms with Crippen LogP contribution in [0, 0.1) is 0 Å². The summed E-state index contributed by atoms with van der Waals surface area (Å²) in [5.41, 5.74) is 0.0801. The first-order valence-corrected chi connectivity index (χ1v) is 6.33. The van der Waals surface area contributed by atoms with Gasteiger partial charge in [-0.2, -0.15) is 0 Å². The summed E-state index contributed by atoms with van der Waals surface area (Å²) in [6, 6.07) is 13.7. The molecule has 0 amide bonds. The maximum Gasteiger partial charge on any atom is 0.258 e. The van der Waals surface area contributed by atoms with Gasteiger partial charge in [-0.1, -0.05) is 24.3 Å². The van der Waals surface area contributed by atoms with Crippen LogP contribution in [0.4, 0.5) is 0 Å². The molecule has 17 heavy (non-hydrogen) atoms. The van der Waals surface area contributed by atoms with Gasteiger partial charge in [0.15, 0.2) is 0 Å². The number of hydrogen-bond donors (Lipinski definition) is 0. The fraction of sp³-hybridized carbons (Fsp3) is 0.0714. The third-order valence-electron chi connectivity index (χ3n) is 2.79. The van der Waals surface area contributed by atoms with Crippen LogP contribution in [0.1, 0.15) is 4.88 Å². The van der Waals surface area contributed by atoms with Crippen molar-refractivity contribution < 1.29 is 0 Å². The number of pyridine rings is 1. The largest absolute Gasteiger partial charge is 0.310 e. The van der Waals surface area contributed by atoms with Gasteiger partial charge in [0.1, 0.15) is 0 Å². The van der Waals surface area contributed by atoms with E-state index in [0.717, 1.165) is 10.8 Å². The molecule has 1 aromatic carbocycles. The van der Waals surface area contributed by atoms with Crippen molar-refractivity contribution in [2.24, 2.45) is 0 Å². The van der Waals surface area contributed by atoms with Crippen molar-refractivity contribution in [3.63, 3.8) is 0 Å². The molecule has 2 nitrogen and oxygen atoms in total. The predicted molar refractivity (Wildman–Crippen MR) is 71.6 cm³/mol.